The highest BCUT2D eigenvalue weighted by molar-refractivity contribution is 6.95. The lowest BCUT2D eigenvalue weighted by Gasteiger charge is -2.28. The molecule has 2 heteroatoms. The minimum Gasteiger partial charge on any atom is -0.0717 e. The summed E-state index contributed by atoms with van der Waals surface area (Å²) in [6.45, 7) is 32.7. The highest BCUT2D eigenvalue weighted by atomic mass is 28.2. The molecule has 0 bridgehead atoms. The second-order valence-electron chi connectivity index (χ2n) is 17.4. The van der Waals surface area contributed by atoms with Gasteiger partial charge in [0.1, 0.15) is 0 Å². The molecule has 0 amide bonds. The summed E-state index contributed by atoms with van der Waals surface area (Å²) >= 11 is 0. The smallest absolute Gasteiger partial charge is 0.0717 e. The van der Waals surface area contributed by atoms with Gasteiger partial charge in [-0.3, -0.25) is 0 Å². The van der Waals surface area contributed by atoms with Gasteiger partial charge in [-0.25, -0.2) is 0 Å². The van der Waals surface area contributed by atoms with Crippen LogP contribution in [-0.2, 0) is 21.7 Å². The second kappa shape index (κ2) is 14.2. The Balaban J connectivity index is 2.14. The van der Waals surface area contributed by atoms with E-state index in [0.717, 1.165) is 0 Å². The Kier molecular flexibility index (Phi) is 11.1. The van der Waals surface area contributed by atoms with E-state index in [4.69, 9.17) is 0 Å². The lowest BCUT2D eigenvalue weighted by atomic mass is 9.87. The first-order chi connectivity index (χ1) is 22.2. The third-order valence-corrected chi connectivity index (χ3v) is 14.9. The molecule has 4 aromatic rings. The van der Waals surface area contributed by atoms with E-state index < -0.39 is 16.8 Å². The van der Waals surface area contributed by atoms with Crippen molar-refractivity contribution in [3.63, 3.8) is 0 Å². The van der Waals surface area contributed by atoms with Crippen molar-refractivity contribution >= 4 is 47.9 Å². The van der Waals surface area contributed by atoms with Crippen molar-refractivity contribution in [1.29, 1.82) is 0 Å². The van der Waals surface area contributed by atoms with Gasteiger partial charge in [0.2, 0.25) is 0 Å². The predicted molar refractivity (Wildman–Crippen MR) is 220 cm³/mol. The maximum atomic E-state index is 3.87. The molecule has 0 atom stereocenters. The van der Waals surface area contributed by atoms with Gasteiger partial charge < -0.3 is 0 Å². The molecule has 0 nitrogen and oxygen atoms in total. The second-order valence-corrected chi connectivity index (χ2v) is 22.6. The highest BCUT2D eigenvalue weighted by Gasteiger charge is 2.28. The molecule has 0 saturated heterocycles. The predicted octanol–water partition coefficient (Wildman–Crippen LogP) is 8.35. The van der Waals surface area contributed by atoms with Crippen molar-refractivity contribution in [1.82, 2.24) is 0 Å². The zero-order chi connectivity index (χ0) is 35.7. The van der Waals surface area contributed by atoms with Crippen molar-refractivity contribution in [3.8, 4) is 11.8 Å². The molecule has 0 unspecified atom stereocenters. The van der Waals surface area contributed by atoms with E-state index in [0.29, 0.717) is 0 Å². The molecule has 0 aromatic heterocycles. The first-order valence-corrected chi connectivity index (χ1v) is 20.6. The fourth-order valence-electron chi connectivity index (χ4n) is 6.83. The maximum absolute atomic E-state index is 3.87. The largest absolute Gasteiger partial charge is 0.0936 e. The molecule has 0 radical (unpaired) electrons. The molecule has 0 heterocycles. The Labute approximate surface area is 296 Å². The lowest BCUT2D eigenvalue weighted by molar-refractivity contribution is 0.592. The molecule has 0 spiro atoms. The molecule has 0 aliphatic rings. The van der Waals surface area contributed by atoms with Gasteiger partial charge in [-0.1, -0.05) is 192 Å². The van der Waals surface area contributed by atoms with Gasteiger partial charge in [-0.05, 0) is 88.8 Å². The van der Waals surface area contributed by atoms with Gasteiger partial charge in [0, 0.05) is 0 Å². The first-order valence-electron chi connectivity index (χ1n) is 17.6. The maximum Gasteiger partial charge on any atom is 0.0936 e. The van der Waals surface area contributed by atoms with Crippen LogP contribution in [0.5, 0.6) is 0 Å². The molecule has 250 valence electrons. The monoisotopic (exact) mass is 666 g/mol. The van der Waals surface area contributed by atoms with Crippen LogP contribution in [0.2, 0.25) is 0 Å². The van der Waals surface area contributed by atoms with Gasteiger partial charge in [0.05, 0.1) is 16.8 Å². The molecular formula is C46H58Si2. The number of hydrogen-bond acceptors (Lipinski definition) is 0. The van der Waals surface area contributed by atoms with E-state index in [1.165, 1.54) is 53.3 Å². The Bertz CT molecular complexity index is 1650. The molecule has 4 aromatic carbocycles. The van der Waals surface area contributed by atoms with E-state index in [1.54, 1.807) is 0 Å². The van der Waals surface area contributed by atoms with Crippen LogP contribution in [0, 0.1) is 11.8 Å². The average Bonchev–Trinajstić information content (AvgIpc) is 2.99. The van der Waals surface area contributed by atoms with Gasteiger partial charge in [-0.2, -0.15) is 0 Å². The van der Waals surface area contributed by atoms with Crippen LogP contribution in [0.4, 0.5) is 0 Å². The van der Waals surface area contributed by atoms with Crippen molar-refractivity contribution in [2.45, 2.75) is 119 Å². The quantitative estimate of drug-likeness (QED) is 0.152. The van der Waals surface area contributed by atoms with Crippen LogP contribution in [0.25, 0.3) is 0 Å². The highest BCUT2D eigenvalue weighted by Crippen LogP contribution is 2.24. The normalized spacial score (nSPS) is 12.2. The standard InChI is InChI=1S/C46H58Si2/c1-33(47(39-27-19-15-23-35(39)43(3,4)5)40-28-20-16-24-36(40)44(6,7)8)31-32-34(2)48(41-29-21-17-25-37(41)45(9,10)11)42-30-22-18-26-38(42)46(12,13)14/h15-30H,1-14H3. The van der Waals surface area contributed by atoms with Crippen LogP contribution in [-0.4, -0.2) is 27.2 Å². The summed E-state index contributed by atoms with van der Waals surface area (Å²) in [7, 11) is -2.74. The van der Waals surface area contributed by atoms with E-state index in [9.17, 15) is 0 Å². The van der Waals surface area contributed by atoms with E-state index in [2.05, 4.69) is 206 Å². The van der Waals surface area contributed by atoms with Crippen LogP contribution in [0.1, 0.15) is 119 Å². The molecule has 0 aliphatic heterocycles. The van der Waals surface area contributed by atoms with Crippen LogP contribution >= 0.6 is 0 Å². The van der Waals surface area contributed by atoms with Crippen molar-refractivity contribution in [3.05, 3.63) is 119 Å². The molecule has 0 saturated carbocycles. The summed E-state index contributed by atoms with van der Waals surface area (Å²) in [5.74, 6) is 7.75. The van der Waals surface area contributed by atoms with Crippen LogP contribution in [0.3, 0.4) is 0 Å². The Hall–Kier alpha value is -3.39. The fourth-order valence-corrected chi connectivity index (χ4v) is 13.4. The summed E-state index contributed by atoms with van der Waals surface area (Å²) in [5.41, 5.74) is 5.81. The molecule has 4 rings (SSSR count). The van der Waals surface area contributed by atoms with Crippen molar-refractivity contribution in [2.75, 3.05) is 0 Å². The summed E-state index contributed by atoms with van der Waals surface area (Å²) in [4.78, 5) is 0. The van der Waals surface area contributed by atoms with Gasteiger partial charge in [0.25, 0.3) is 0 Å². The van der Waals surface area contributed by atoms with E-state index in [-0.39, 0.29) is 21.7 Å². The van der Waals surface area contributed by atoms with E-state index in [1.807, 2.05) is 0 Å². The summed E-state index contributed by atoms with van der Waals surface area (Å²) in [6.07, 6.45) is 0. The molecule has 0 aliphatic carbocycles. The Morgan fingerprint density at radius 2 is 0.542 bits per heavy atom. The Morgan fingerprint density at radius 3 is 0.729 bits per heavy atom. The Morgan fingerprint density at radius 1 is 0.354 bits per heavy atom. The number of hydrogen-bond donors (Lipinski definition) is 0. The lowest BCUT2D eigenvalue weighted by Crippen LogP contribution is -2.47. The molecule has 0 N–H and O–H groups in total. The van der Waals surface area contributed by atoms with Crippen molar-refractivity contribution in [2.24, 2.45) is 0 Å². The number of rotatable bonds is 4. The molecular weight excluding hydrogens is 609 g/mol. The summed E-state index contributed by atoms with van der Waals surface area (Å²) in [5, 5.41) is 8.41. The fraction of sp³-hybridized carbons (Fsp3) is 0.391. The number of benzene rings is 4. The summed E-state index contributed by atoms with van der Waals surface area (Å²) in [6, 6.07) is 36.6. The van der Waals surface area contributed by atoms with Crippen molar-refractivity contribution < 1.29 is 0 Å². The minimum absolute atomic E-state index is 0.0302. The SMILES string of the molecule is CC(C#CC(C)=[Si](c1ccccc1C(C)(C)C)c1ccccc1C(C)(C)C)=[Si](c1ccccc1C(C)(C)C)c1ccccc1C(C)(C)C. The third kappa shape index (κ3) is 8.42. The average molecular weight is 667 g/mol. The summed E-state index contributed by atoms with van der Waals surface area (Å²) < 4.78 is 0. The van der Waals surface area contributed by atoms with E-state index >= 15 is 0 Å². The third-order valence-electron chi connectivity index (χ3n) is 9.21. The molecule has 48 heavy (non-hydrogen) atoms. The zero-order valence-electron chi connectivity index (χ0n) is 32.2. The van der Waals surface area contributed by atoms with Crippen LogP contribution < -0.4 is 20.7 Å². The first kappa shape index (κ1) is 37.4. The zero-order valence-corrected chi connectivity index (χ0v) is 34.2. The van der Waals surface area contributed by atoms with Gasteiger partial charge >= 0.3 is 0 Å². The van der Waals surface area contributed by atoms with Gasteiger partial charge in [-0.15, -0.1) is 0 Å². The minimum atomic E-state index is -1.37. The van der Waals surface area contributed by atoms with Crippen LogP contribution in [0.15, 0.2) is 97.1 Å². The molecule has 0 fully saturated rings. The topological polar surface area (TPSA) is 0 Å². The van der Waals surface area contributed by atoms with Gasteiger partial charge in [0.15, 0.2) is 0 Å².